The Kier molecular flexibility index (Phi) is 5.60. The van der Waals surface area contributed by atoms with Gasteiger partial charge >= 0.3 is 0 Å². The minimum absolute atomic E-state index is 0.427. The zero-order chi connectivity index (χ0) is 17.6. The average molecular weight is 354 g/mol. The molecule has 0 spiro atoms. The van der Waals surface area contributed by atoms with Gasteiger partial charge in [0.2, 0.25) is 5.16 Å². The molecule has 1 unspecified atom stereocenters. The Labute approximate surface area is 150 Å². The van der Waals surface area contributed by atoms with Crippen LogP contribution < -0.4 is 4.90 Å². The van der Waals surface area contributed by atoms with Crippen LogP contribution >= 0.6 is 0 Å². The van der Waals surface area contributed by atoms with Gasteiger partial charge in [-0.15, -0.1) is 0 Å². The summed E-state index contributed by atoms with van der Waals surface area (Å²) >= 11 is 0. The molecule has 0 radical (unpaired) electrons. The number of pyridine rings is 1. The van der Waals surface area contributed by atoms with Crippen molar-refractivity contribution in [1.29, 1.82) is 0 Å². The number of imidazole rings is 1. The maximum Gasteiger partial charge on any atom is 0.205 e. The van der Waals surface area contributed by atoms with E-state index in [2.05, 4.69) is 34.8 Å². The molecular formula is C19H22N4OS. The van der Waals surface area contributed by atoms with Crippen molar-refractivity contribution in [1.82, 2.24) is 14.5 Å². The molecule has 0 saturated carbocycles. The summed E-state index contributed by atoms with van der Waals surface area (Å²) in [6.45, 7) is 6.10. The number of benzene rings is 1. The summed E-state index contributed by atoms with van der Waals surface area (Å²) in [6, 6.07) is 13.8. The van der Waals surface area contributed by atoms with E-state index in [1.165, 1.54) is 0 Å². The molecule has 130 valence electrons. The van der Waals surface area contributed by atoms with E-state index in [1.54, 1.807) is 23.2 Å². The molecule has 25 heavy (non-hydrogen) atoms. The van der Waals surface area contributed by atoms with E-state index >= 15 is 0 Å². The molecule has 0 aliphatic rings. The SMILES string of the molecule is CCN(CC)c1ccccc1CS(=O)c1nccn1-c1ccccn1. The highest BCUT2D eigenvalue weighted by Gasteiger charge is 2.16. The smallest absolute Gasteiger partial charge is 0.205 e. The first-order chi connectivity index (χ1) is 12.2. The molecule has 0 amide bonds. The summed E-state index contributed by atoms with van der Waals surface area (Å²) in [5.41, 5.74) is 2.21. The Morgan fingerprint density at radius 2 is 1.76 bits per heavy atom. The lowest BCUT2D eigenvalue weighted by molar-refractivity contribution is 0.671. The van der Waals surface area contributed by atoms with Gasteiger partial charge in [-0.2, -0.15) is 0 Å². The normalized spacial score (nSPS) is 12.1. The number of hydrogen-bond donors (Lipinski definition) is 0. The topological polar surface area (TPSA) is 51.0 Å². The van der Waals surface area contributed by atoms with Crippen molar-refractivity contribution < 1.29 is 4.21 Å². The predicted molar refractivity (Wildman–Crippen MR) is 101 cm³/mol. The van der Waals surface area contributed by atoms with E-state index in [9.17, 15) is 4.21 Å². The molecule has 0 aliphatic carbocycles. The Morgan fingerprint density at radius 3 is 2.48 bits per heavy atom. The number of hydrogen-bond acceptors (Lipinski definition) is 4. The maximum absolute atomic E-state index is 13.0. The Morgan fingerprint density at radius 1 is 1.00 bits per heavy atom. The maximum atomic E-state index is 13.0. The van der Waals surface area contributed by atoms with Gasteiger partial charge in [0, 0.05) is 37.4 Å². The number of aromatic nitrogens is 3. The molecule has 6 heteroatoms. The first-order valence-corrected chi connectivity index (χ1v) is 9.72. The summed E-state index contributed by atoms with van der Waals surface area (Å²) in [5.74, 6) is 1.15. The molecule has 0 aliphatic heterocycles. The highest BCUT2D eigenvalue weighted by atomic mass is 32.2. The van der Waals surface area contributed by atoms with Crippen LogP contribution in [-0.4, -0.2) is 31.8 Å². The molecule has 0 saturated heterocycles. The lowest BCUT2D eigenvalue weighted by Crippen LogP contribution is -2.23. The predicted octanol–water partition coefficient (Wildman–Crippen LogP) is 3.42. The summed E-state index contributed by atoms with van der Waals surface area (Å²) < 4.78 is 14.8. The summed E-state index contributed by atoms with van der Waals surface area (Å²) in [5, 5.41) is 0.521. The van der Waals surface area contributed by atoms with Gasteiger partial charge in [-0.05, 0) is 37.6 Å². The third-order valence-electron chi connectivity index (χ3n) is 4.09. The monoisotopic (exact) mass is 354 g/mol. The lowest BCUT2D eigenvalue weighted by atomic mass is 10.2. The minimum atomic E-state index is -1.26. The molecule has 0 bridgehead atoms. The zero-order valence-corrected chi connectivity index (χ0v) is 15.3. The summed E-state index contributed by atoms with van der Waals surface area (Å²) in [7, 11) is -1.26. The van der Waals surface area contributed by atoms with Gasteiger partial charge in [0.15, 0.2) is 0 Å². The van der Waals surface area contributed by atoms with Crippen LogP contribution in [0.2, 0.25) is 0 Å². The van der Waals surface area contributed by atoms with Gasteiger partial charge in [0.25, 0.3) is 0 Å². The van der Waals surface area contributed by atoms with Gasteiger partial charge in [0.1, 0.15) is 5.82 Å². The van der Waals surface area contributed by atoms with E-state index in [1.807, 2.05) is 36.4 Å². The largest absolute Gasteiger partial charge is 0.372 e. The van der Waals surface area contributed by atoms with E-state index in [0.29, 0.717) is 10.9 Å². The number of anilines is 1. The number of para-hydroxylation sites is 1. The van der Waals surface area contributed by atoms with Gasteiger partial charge < -0.3 is 4.90 Å². The number of nitrogens with zero attached hydrogens (tertiary/aromatic N) is 4. The van der Waals surface area contributed by atoms with Crippen LogP contribution in [0.4, 0.5) is 5.69 Å². The van der Waals surface area contributed by atoms with Crippen LogP contribution in [-0.2, 0) is 16.6 Å². The molecular weight excluding hydrogens is 332 g/mol. The van der Waals surface area contributed by atoms with Crippen molar-refractivity contribution in [3.05, 3.63) is 66.6 Å². The van der Waals surface area contributed by atoms with Crippen LogP contribution in [0.3, 0.4) is 0 Å². The second-order valence-corrected chi connectivity index (χ2v) is 6.90. The molecule has 3 rings (SSSR count). The van der Waals surface area contributed by atoms with Crippen LogP contribution in [0.25, 0.3) is 5.82 Å². The fourth-order valence-corrected chi connectivity index (χ4v) is 4.05. The summed E-state index contributed by atoms with van der Waals surface area (Å²) in [6.07, 6.45) is 5.18. The van der Waals surface area contributed by atoms with Crippen molar-refractivity contribution in [3.8, 4) is 5.82 Å². The van der Waals surface area contributed by atoms with Crippen molar-refractivity contribution in [2.24, 2.45) is 0 Å². The van der Waals surface area contributed by atoms with Crippen LogP contribution in [0, 0.1) is 0 Å². The van der Waals surface area contributed by atoms with E-state index in [0.717, 1.165) is 30.2 Å². The van der Waals surface area contributed by atoms with Crippen LogP contribution in [0.15, 0.2) is 66.2 Å². The van der Waals surface area contributed by atoms with Crippen molar-refractivity contribution >= 4 is 16.5 Å². The van der Waals surface area contributed by atoms with Crippen LogP contribution in [0.1, 0.15) is 19.4 Å². The standard InChI is InChI=1S/C19H22N4OS/c1-3-22(4-2)17-10-6-5-9-16(17)15-25(24)19-21-13-14-23(19)18-11-7-8-12-20-18/h5-14H,3-4,15H2,1-2H3. The van der Waals surface area contributed by atoms with Crippen molar-refractivity contribution in [2.45, 2.75) is 24.8 Å². The third-order valence-corrected chi connectivity index (χ3v) is 5.37. The zero-order valence-electron chi connectivity index (χ0n) is 14.5. The van der Waals surface area contributed by atoms with Gasteiger partial charge in [0.05, 0.1) is 16.6 Å². The lowest BCUT2D eigenvalue weighted by Gasteiger charge is -2.24. The quantitative estimate of drug-likeness (QED) is 0.652. The fourth-order valence-electron chi connectivity index (χ4n) is 2.84. The first-order valence-electron chi connectivity index (χ1n) is 8.40. The van der Waals surface area contributed by atoms with E-state index in [4.69, 9.17) is 0 Å². The van der Waals surface area contributed by atoms with Crippen molar-refractivity contribution in [2.75, 3.05) is 18.0 Å². The van der Waals surface area contributed by atoms with Crippen molar-refractivity contribution in [3.63, 3.8) is 0 Å². The number of rotatable bonds is 7. The van der Waals surface area contributed by atoms with Crippen LogP contribution in [0.5, 0.6) is 0 Å². The molecule has 5 nitrogen and oxygen atoms in total. The minimum Gasteiger partial charge on any atom is -0.372 e. The molecule has 1 aromatic carbocycles. The second-order valence-electron chi connectivity index (χ2n) is 5.56. The van der Waals surface area contributed by atoms with Gasteiger partial charge in [-0.25, -0.2) is 9.97 Å². The average Bonchev–Trinajstić information content (AvgIpc) is 3.15. The molecule has 0 N–H and O–H groups in total. The highest BCUT2D eigenvalue weighted by Crippen LogP contribution is 2.23. The summed E-state index contributed by atoms with van der Waals surface area (Å²) in [4.78, 5) is 10.9. The molecule has 0 fully saturated rings. The first kappa shape index (κ1) is 17.4. The fraction of sp³-hybridized carbons (Fsp3) is 0.263. The Bertz CT molecular complexity index is 843. The Balaban J connectivity index is 1.89. The molecule has 3 aromatic rings. The van der Waals surface area contributed by atoms with E-state index < -0.39 is 10.8 Å². The highest BCUT2D eigenvalue weighted by molar-refractivity contribution is 7.84. The van der Waals surface area contributed by atoms with Gasteiger partial charge in [-0.3, -0.25) is 8.78 Å². The second kappa shape index (κ2) is 8.07. The molecule has 1 atom stereocenters. The molecule has 2 heterocycles. The third kappa shape index (κ3) is 3.79. The van der Waals surface area contributed by atoms with E-state index in [-0.39, 0.29) is 0 Å². The Hall–Kier alpha value is -2.47. The van der Waals surface area contributed by atoms with Gasteiger partial charge in [-0.1, -0.05) is 24.3 Å². The molecule has 2 aromatic heterocycles.